The molecule has 1 saturated heterocycles. The molecular formula is C27H45N5O5. The molecule has 3 rings (SSSR count). The quantitative estimate of drug-likeness (QED) is 0.354. The first kappa shape index (κ1) is 18.6. The number of likely N-dealkylation sites (tertiary alicyclic amines) is 1. The molecule has 2 aliphatic carbocycles. The molecule has 0 bridgehead atoms. The van der Waals surface area contributed by atoms with E-state index in [1.165, 1.54) is 4.90 Å². The molecule has 5 atom stereocenters. The molecule has 37 heavy (non-hydrogen) atoms. The third-order valence-corrected chi connectivity index (χ3v) is 8.12. The van der Waals surface area contributed by atoms with Gasteiger partial charge in [0, 0.05) is 24.4 Å². The van der Waals surface area contributed by atoms with Gasteiger partial charge in [-0.05, 0) is 55.6 Å². The number of piperidine rings is 1. The zero-order valence-electron chi connectivity index (χ0n) is 31.1. The number of hydrogen-bond acceptors (Lipinski definition) is 5. The van der Waals surface area contributed by atoms with Crippen LogP contribution in [0.2, 0.25) is 0 Å². The lowest BCUT2D eigenvalue weighted by Crippen LogP contribution is -2.62. The summed E-state index contributed by atoms with van der Waals surface area (Å²) in [5.74, 6) is -3.90. The highest BCUT2D eigenvalue weighted by Crippen LogP contribution is 2.65. The standard InChI is InChI=1S/C27H45N5O5/c1-25(2,3)20(30-24(37)31-26(4,5)6)23(36)32-13-15-17(27(15,7)8)18(32)22(35)29-16(19(33)21(28)34)12-14-10-9-11-14/h14-18,20H,9-13H2,1-8H3,(H2,28,34)(H,29,35)(H2,30,31,37)/t15-,16-,17-,18-,20+/m0/s1/i4D3,5D3,6D3. The SMILES string of the molecule is [2H]C([2H])([2H])C(NC(=O)N[C@H](C(=O)N1C[C@H]2[C@@H]([C@H]1C(=O)N[C@@H](CC1CCC1)C(=O)C(N)=O)C2(C)C)C(C)(C)C)(C([2H])([2H])[2H])C([2H])([2H])[2H]. The minimum atomic E-state index is -3.72. The Bertz CT molecular complexity index is 1220. The first-order valence-electron chi connectivity index (χ1n) is 17.1. The minimum absolute atomic E-state index is 0.102. The monoisotopic (exact) mass is 528 g/mol. The summed E-state index contributed by atoms with van der Waals surface area (Å²) in [6.07, 6.45) is 2.84. The smallest absolute Gasteiger partial charge is 0.315 e. The minimum Gasteiger partial charge on any atom is -0.363 e. The summed E-state index contributed by atoms with van der Waals surface area (Å²) in [6.45, 7) is -2.50. The molecule has 208 valence electrons. The average Bonchev–Trinajstić information content (AvgIpc) is 3.17. The number of hydrogen-bond donors (Lipinski definition) is 4. The average molecular weight is 529 g/mol. The first-order chi connectivity index (χ1) is 20.6. The van der Waals surface area contributed by atoms with Gasteiger partial charge in [0.15, 0.2) is 0 Å². The number of nitrogens with zero attached hydrogens (tertiary/aromatic N) is 1. The summed E-state index contributed by atoms with van der Waals surface area (Å²) in [7, 11) is 0. The molecule has 1 aliphatic heterocycles. The van der Waals surface area contributed by atoms with Gasteiger partial charge in [-0.3, -0.25) is 19.2 Å². The van der Waals surface area contributed by atoms with Crippen LogP contribution in [0.25, 0.3) is 0 Å². The Hall–Kier alpha value is -2.65. The summed E-state index contributed by atoms with van der Waals surface area (Å²) in [4.78, 5) is 67.0. The molecule has 0 aromatic heterocycles. The zero-order valence-corrected chi connectivity index (χ0v) is 22.1. The van der Waals surface area contributed by atoms with Gasteiger partial charge in [0.25, 0.3) is 5.91 Å². The van der Waals surface area contributed by atoms with Gasteiger partial charge in [-0.2, -0.15) is 0 Å². The summed E-state index contributed by atoms with van der Waals surface area (Å²) in [6, 6.07) is -5.28. The van der Waals surface area contributed by atoms with Crippen molar-refractivity contribution in [3.05, 3.63) is 0 Å². The molecule has 10 nitrogen and oxygen atoms in total. The Labute approximate surface area is 232 Å². The number of rotatable bonds is 8. The largest absolute Gasteiger partial charge is 0.363 e. The molecule has 0 aromatic carbocycles. The molecule has 1 heterocycles. The summed E-state index contributed by atoms with van der Waals surface area (Å²) >= 11 is 0. The third-order valence-electron chi connectivity index (χ3n) is 8.12. The highest BCUT2D eigenvalue weighted by Gasteiger charge is 2.70. The molecule has 2 saturated carbocycles. The Balaban J connectivity index is 1.93. The van der Waals surface area contributed by atoms with Crippen molar-refractivity contribution in [2.75, 3.05) is 6.54 Å². The maximum atomic E-state index is 14.2. The summed E-state index contributed by atoms with van der Waals surface area (Å²) < 4.78 is 70.0. The van der Waals surface area contributed by atoms with Crippen LogP contribution in [-0.2, 0) is 19.2 Å². The van der Waals surface area contributed by atoms with Crippen molar-refractivity contribution in [3.8, 4) is 0 Å². The molecule has 10 heteroatoms. The number of carbonyl (C=O) groups excluding carboxylic acids is 5. The van der Waals surface area contributed by atoms with E-state index in [1.807, 2.05) is 13.8 Å². The number of urea groups is 1. The zero-order chi connectivity index (χ0) is 35.6. The Kier molecular flexibility index (Phi) is 4.97. The summed E-state index contributed by atoms with van der Waals surface area (Å²) in [5, 5.41) is 6.61. The highest BCUT2D eigenvalue weighted by atomic mass is 16.2. The van der Waals surface area contributed by atoms with Crippen molar-refractivity contribution in [3.63, 3.8) is 0 Å². The van der Waals surface area contributed by atoms with Crippen LogP contribution in [-0.4, -0.2) is 64.6 Å². The maximum Gasteiger partial charge on any atom is 0.315 e. The van der Waals surface area contributed by atoms with Gasteiger partial charge < -0.3 is 26.6 Å². The third kappa shape index (κ3) is 6.26. The molecule has 0 aromatic rings. The molecule has 3 fully saturated rings. The van der Waals surface area contributed by atoms with E-state index < -0.39 is 79.2 Å². The van der Waals surface area contributed by atoms with Gasteiger partial charge in [0.05, 0.1) is 6.04 Å². The number of carbonyl (C=O) groups is 5. The molecule has 0 spiro atoms. The lowest BCUT2D eigenvalue weighted by molar-refractivity contribution is -0.145. The van der Waals surface area contributed by atoms with Crippen molar-refractivity contribution in [2.24, 2.45) is 34.3 Å². The highest BCUT2D eigenvalue weighted by molar-refractivity contribution is 6.37. The van der Waals surface area contributed by atoms with Crippen LogP contribution < -0.4 is 21.7 Å². The number of amides is 5. The summed E-state index contributed by atoms with van der Waals surface area (Å²) in [5.41, 5.74) is 0.131. The van der Waals surface area contributed by atoms with Crippen molar-refractivity contribution >= 4 is 29.5 Å². The van der Waals surface area contributed by atoms with Gasteiger partial charge in [0.1, 0.15) is 12.1 Å². The Morgan fingerprint density at radius 2 is 1.70 bits per heavy atom. The van der Waals surface area contributed by atoms with E-state index in [0.29, 0.717) is 0 Å². The van der Waals surface area contributed by atoms with Crippen LogP contribution in [0, 0.1) is 28.6 Å². The number of Topliss-reactive ketones (excluding diaryl/α,β-unsaturated/α-hetero) is 1. The molecule has 0 radical (unpaired) electrons. The van der Waals surface area contributed by atoms with Crippen LogP contribution in [0.4, 0.5) is 4.79 Å². The van der Waals surface area contributed by atoms with Gasteiger partial charge >= 0.3 is 6.03 Å². The van der Waals surface area contributed by atoms with Gasteiger partial charge in [-0.1, -0.05) is 53.9 Å². The second-order valence-corrected chi connectivity index (χ2v) is 12.4. The maximum absolute atomic E-state index is 14.2. The topological polar surface area (TPSA) is 151 Å². The lowest BCUT2D eigenvalue weighted by atomic mass is 9.80. The Morgan fingerprint density at radius 3 is 2.19 bits per heavy atom. The van der Waals surface area contributed by atoms with Crippen LogP contribution in [0.3, 0.4) is 0 Å². The van der Waals surface area contributed by atoms with Gasteiger partial charge in [-0.15, -0.1) is 0 Å². The van der Waals surface area contributed by atoms with Crippen molar-refractivity contribution < 1.29 is 36.3 Å². The van der Waals surface area contributed by atoms with E-state index in [1.54, 1.807) is 26.1 Å². The van der Waals surface area contributed by atoms with E-state index in [2.05, 4.69) is 10.6 Å². The predicted molar refractivity (Wildman–Crippen MR) is 139 cm³/mol. The molecule has 5 amide bonds. The normalized spacial score (nSPS) is 30.9. The van der Waals surface area contributed by atoms with Crippen LogP contribution in [0.15, 0.2) is 0 Å². The first-order valence-corrected chi connectivity index (χ1v) is 12.6. The second kappa shape index (κ2) is 9.91. The van der Waals surface area contributed by atoms with Crippen LogP contribution >= 0.6 is 0 Å². The number of primary amides is 1. The second-order valence-electron chi connectivity index (χ2n) is 12.4. The lowest BCUT2D eigenvalue weighted by Gasteiger charge is -2.38. The van der Waals surface area contributed by atoms with Crippen molar-refractivity contribution in [1.29, 1.82) is 0 Å². The van der Waals surface area contributed by atoms with Crippen molar-refractivity contribution in [1.82, 2.24) is 20.9 Å². The fourth-order valence-electron chi connectivity index (χ4n) is 5.69. The predicted octanol–water partition coefficient (Wildman–Crippen LogP) is 1.71. The Morgan fingerprint density at radius 1 is 1.08 bits per heavy atom. The molecule has 3 aliphatic rings. The number of nitrogens with one attached hydrogen (secondary N) is 3. The number of nitrogens with two attached hydrogens (primary N) is 1. The van der Waals surface area contributed by atoms with Crippen molar-refractivity contribution in [2.45, 2.75) is 105 Å². The number of ketones is 1. The molecular weight excluding hydrogens is 474 g/mol. The molecule has 0 unspecified atom stereocenters. The van der Waals surface area contributed by atoms with E-state index in [9.17, 15) is 24.0 Å². The van der Waals surface area contributed by atoms with Crippen LogP contribution in [0.1, 0.15) is 93.2 Å². The molecule has 5 N–H and O–H groups in total. The van der Waals surface area contributed by atoms with E-state index in [4.69, 9.17) is 18.1 Å². The van der Waals surface area contributed by atoms with E-state index in [0.717, 1.165) is 19.3 Å². The fourth-order valence-corrected chi connectivity index (χ4v) is 5.69. The number of fused-ring (bicyclic) bond motifs is 1. The van der Waals surface area contributed by atoms with E-state index >= 15 is 0 Å². The van der Waals surface area contributed by atoms with E-state index in [-0.39, 0.29) is 36.1 Å². The fraction of sp³-hybridized carbons (Fsp3) is 0.815. The van der Waals surface area contributed by atoms with Crippen LogP contribution in [0.5, 0.6) is 0 Å². The van der Waals surface area contributed by atoms with Gasteiger partial charge in [-0.25, -0.2) is 4.79 Å². The van der Waals surface area contributed by atoms with Gasteiger partial charge in [0.2, 0.25) is 17.6 Å².